The summed E-state index contributed by atoms with van der Waals surface area (Å²) in [7, 11) is -9.66. The summed E-state index contributed by atoms with van der Waals surface area (Å²) in [6, 6.07) is 8.54. The van der Waals surface area contributed by atoms with Gasteiger partial charge in [-0.25, -0.2) is 0 Å². The Morgan fingerprint density at radius 1 is 0.865 bits per heavy atom. The van der Waals surface area contributed by atoms with Gasteiger partial charge in [-0.1, -0.05) is 0 Å². The fourth-order valence-electron chi connectivity index (χ4n) is 3.16. The minimum Gasteiger partial charge on any atom is -0.507 e. The number of benzene rings is 3. The van der Waals surface area contributed by atoms with E-state index in [1.165, 1.54) is 12.1 Å². The fraction of sp³-hybridized carbons (Fsp3) is 0. The Bertz CT molecular complexity index is 1780. The van der Waals surface area contributed by atoms with Crippen molar-refractivity contribution in [1.29, 1.82) is 0 Å². The van der Waals surface area contributed by atoms with Crippen molar-refractivity contribution < 1.29 is 31.0 Å². The average Bonchev–Trinajstić information content (AvgIpc) is 2.77. The molecule has 37 heavy (non-hydrogen) atoms. The van der Waals surface area contributed by atoms with Gasteiger partial charge in [-0.05, 0) is 65.0 Å². The van der Waals surface area contributed by atoms with Crippen LogP contribution in [-0.4, -0.2) is 46.0 Å². The molecular formula is C19H13Cl2N7O7S2. The summed E-state index contributed by atoms with van der Waals surface area (Å²) in [6.45, 7) is 0. The number of aromatic nitrogens is 3. The average molecular weight is 586 g/mol. The number of hydrogen-bond acceptors (Lipinski definition) is 12. The van der Waals surface area contributed by atoms with Crippen molar-refractivity contribution in [2.75, 3.05) is 11.1 Å². The van der Waals surface area contributed by atoms with Crippen LogP contribution in [0.4, 0.5) is 28.7 Å². The molecule has 0 bridgehead atoms. The van der Waals surface area contributed by atoms with E-state index in [-0.39, 0.29) is 38.7 Å². The molecule has 14 nitrogen and oxygen atoms in total. The second-order valence-corrected chi connectivity index (χ2v) is 10.7. The van der Waals surface area contributed by atoms with Gasteiger partial charge >= 0.3 is 0 Å². The molecule has 0 saturated carbocycles. The van der Waals surface area contributed by atoms with Crippen LogP contribution in [0.2, 0.25) is 10.6 Å². The van der Waals surface area contributed by atoms with Crippen LogP contribution in [0.15, 0.2) is 62.5 Å². The molecule has 1 aromatic heterocycles. The number of aromatic hydroxyl groups is 1. The summed E-state index contributed by atoms with van der Waals surface area (Å²) in [5.74, 6) is -0.609. The van der Waals surface area contributed by atoms with Crippen molar-refractivity contribution in [3.8, 4) is 5.75 Å². The van der Waals surface area contributed by atoms with Crippen molar-refractivity contribution in [2.24, 2.45) is 10.2 Å². The molecule has 0 unspecified atom stereocenters. The minimum atomic E-state index is -4.90. The topological polar surface area (TPSA) is 230 Å². The molecule has 0 radical (unpaired) electrons. The Morgan fingerprint density at radius 2 is 1.49 bits per heavy atom. The molecule has 0 aliphatic heterocycles. The van der Waals surface area contributed by atoms with E-state index in [0.29, 0.717) is 5.69 Å². The minimum absolute atomic E-state index is 0.0837. The highest BCUT2D eigenvalue weighted by molar-refractivity contribution is 7.86. The molecular weight excluding hydrogens is 573 g/mol. The summed E-state index contributed by atoms with van der Waals surface area (Å²) in [5.41, 5.74) is 5.72. The molecule has 0 atom stereocenters. The zero-order valence-electron chi connectivity index (χ0n) is 17.9. The Balaban J connectivity index is 1.76. The van der Waals surface area contributed by atoms with E-state index in [9.17, 15) is 31.0 Å². The molecule has 4 rings (SSSR count). The first-order chi connectivity index (χ1) is 17.2. The molecule has 0 amide bonds. The van der Waals surface area contributed by atoms with Gasteiger partial charge in [0.05, 0.1) is 21.7 Å². The third kappa shape index (κ3) is 5.85. The predicted molar refractivity (Wildman–Crippen MR) is 133 cm³/mol. The van der Waals surface area contributed by atoms with Gasteiger partial charge in [-0.2, -0.15) is 36.9 Å². The lowest BCUT2D eigenvalue weighted by Crippen LogP contribution is -2.04. The normalized spacial score (nSPS) is 12.3. The van der Waals surface area contributed by atoms with E-state index in [1.807, 2.05) is 0 Å². The number of hydrogen-bond donors (Lipinski definition) is 5. The van der Waals surface area contributed by atoms with E-state index in [0.717, 1.165) is 18.2 Å². The molecule has 3 aromatic carbocycles. The first-order valence-electron chi connectivity index (χ1n) is 9.62. The first-order valence-corrected chi connectivity index (χ1v) is 13.3. The van der Waals surface area contributed by atoms with E-state index >= 15 is 0 Å². The molecule has 6 N–H and O–H groups in total. The molecule has 192 valence electrons. The van der Waals surface area contributed by atoms with Crippen LogP contribution in [-0.2, 0) is 20.2 Å². The van der Waals surface area contributed by atoms with Gasteiger partial charge in [0, 0.05) is 11.8 Å². The lowest BCUT2D eigenvalue weighted by molar-refractivity contribution is 0.471. The number of rotatable bonds is 6. The molecule has 0 saturated heterocycles. The number of anilines is 3. The molecule has 0 aliphatic rings. The fourth-order valence-corrected chi connectivity index (χ4v) is 4.71. The van der Waals surface area contributed by atoms with Crippen molar-refractivity contribution in [3.05, 3.63) is 53.0 Å². The van der Waals surface area contributed by atoms with E-state index in [4.69, 9.17) is 28.9 Å². The van der Waals surface area contributed by atoms with Crippen LogP contribution >= 0.6 is 23.2 Å². The number of nitrogen functional groups attached to an aromatic ring is 1. The molecule has 0 spiro atoms. The SMILES string of the molecule is Nc1c(S(=O)(=O)O)cc2cc(S(=O)(=O)O)cc(O)c2c1N=Nc1ccc(Nc2nc(Cl)nc(Cl)n2)cc1. The summed E-state index contributed by atoms with van der Waals surface area (Å²) in [6.07, 6.45) is 0. The second kappa shape index (κ2) is 9.66. The Labute approximate surface area is 218 Å². The summed E-state index contributed by atoms with van der Waals surface area (Å²) < 4.78 is 65.7. The Kier molecular flexibility index (Phi) is 6.89. The van der Waals surface area contributed by atoms with Crippen molar-refractivity contribution in [2.45, 2.75) is 9.79 Å². The van der Waals surface area contributed by atoms with Crippen molar-refractivity contribution in [3.63, 3.8) is 0 Å². The van der Waals surface area contributed by atoms with Gasteiger partial charge < -0.3 is 16.2 Å². The Hall–Kier alpha value is -3.67. The lowest BCUT2D eigenvalue weighted by Gasteiger charge is -2.12. The highest BCUT2D eigenvalue weighted by atomic mass is 35.5. The zero-order chi connectivity index (χ0) is 27.1. The molecule has 1 heterocycles. The molecule has 4 aromatic rings. The van der Waals surface area contributed by atoms with Gasteiger partial charge in [0.15, 0.2) is 0 Å². The maximum atomic E-state index is 11.9. The predicted octanol–water partition coefficient (Wildman–Crippen LogP) is 4.27. The maximum absolute atomic E-state index is 11.9. The third-order valence-electron chi connectivity index (χ3n) is 4.71. The Morgan fingerprint density at radius 3 is 2.05 bits per heavy atom. The van der Waals surface area contributed by atoms with Gasteiger partial charge in [0.2, 0.25) is 16.5 Å². The number of nitrogens with two attached hydrogens (primary N) is 1. The number of nitrogens with zero attached hydrogens (tertiary/aromatic N) is 5. The zero-order valence-corrected chi connectivity index (χ0v) is 21.0. The quantitative estimate of drug-likeness (QED) is 0.121. The summed E-state index contributed by atoms with van der Waals surface area (Å²) >= 11 is 11.5. The van der Waals surface area contributed by atoms with E-state index < -0.39 is 41.5 Å². The number of halogens is 2. The highest BCUT2D eigenvalue weighted by Gasteiger charge is 2.24. The molecule has 0 aliphatic carbocycles. The van der Waals surface area contributed by atoms with E-state index in [1.54, 1.807) is 12.1 Å². The number of phenols is 1. The van der Waals surface area contributed by atoms with E-state index in [2.05, 4.69) is 30.5 Å². The molecule has 18 heteroatoms. The standard InChI is InChI=1S/C19H13Cl2N7O7S2/c20-17-24-18(21)26-19(25-17)23-9-1-3-10(4-2-9)27-28-16-14-8(6-13(15(16)22)37(33,34)35)5-11(7-12(14)29)36(30,31)32/h1-7,29H,22H2,(H,30,31,32)(H,33,34,35)(H,23,24,25,26). The second-order valence-electron chi connectivity index (χ2n) is 7.20. The van der Waals surface area contributed by atoms with Gasteiger partial charge in [0.1, 0.15) is 16.3 Å². The monoisotopic (exact) mass is 585 g/mol. The van der Waals surface area contributed by atoms with Crippen LogP contribution in [0.3, 0.4) is 0 Å². The number of fused-ring (bicyclic) bond motifs is 1. The van der Waals surface area contributed by atoms with Crippen molar-refractivity contribution >= 4 is 82.9 Å². The van der Waals surface area contributed by atoms with Crippen LogP contribution < -0.4 is 11.1 Å². The smallest absolute Gasteiger partial charge is 0.296 e. The lowest BCUT2D eigenvalue weighted by atomic mass is 10.1. The van der Waals surface area contributed by atoms with Gasteiger partial charge in [0.25, 0.3) is 20.2 Å². The maximum Gasteiger partial charge on any atom is 0.296 e. The van der Waals surface area contributed by atoms with Crippen molar-refractivity contribution in [1.82, 2.24) is 15.0 Å². The van der Waals surface area contributed by atoms with Gasteiger partial charge in [-0.3, -0.25) is 9.11 Å². The third-order valence-corrected chi connectivity index (χ3v) is 6.77. The largest absolute Gasteiger partial charge is 0.507 e. The van der Waals surface area contributed by atoms with Crippen LogP contribution in [0.5, 0.6) is 5.75 Å². The molecule has 0 fully saturated rings. The van der Waals surface area contributed by atoms with Gasteiger partial charge in [-0.15, -0.1) is 5.11 Å². The number of azo groups is 1. The van der Waals surface area contributed by atoms with Crippen LogP contribution in [0.1, 0.15) is 0 Å². The highest BCUT2D eigenvalue weighted by Crippen LogP contribution is 2.43. The first kappa shape index (κ1) is 26.4. The van der Waals surface area contributed by atoms with Crippen LogP contribution in [0.25, 0.3) is 10.8 Å². The summed E-state index contributed by atoms with van der Waals surface area (Å²) in [5, 5.41) is 20.6. The van der Waals surface area contributed by atoms with Crippen LogP contribution in [0, 0.1) is 0 Å². The number of nitrogens with one attached hydrogen (secondary N) is 1. The summed E-state index contributed by atoms with van der Waals surface area (Å²) in [4.78, 5) is 9.84. The number of phenolic OH excluding ortho intramolecular Hbond substituents is 1.